The lowest BCUT2D eigenvalue weighted by atomic mass is 10.00. The average Bonchev–Trinajstić information content (AvgIpc) is 3.23. The van der Waals surface area contributed by atoms with E-state index in [1.54, 1.807) is 0 Å². The lowest BCUT2D eigenvalue weighted by Crippen LogP contribution is -2.42. The van der Waals surface area contributed by atoms with Crippen molar-refractivity contribution in [2.45, 2.75) is 38.2 Å². The molecule has 1 aromatic carbocycles. The quantitative estimate of drug-likeness (QED) is 0.574. The molecule has 32 heavy (non-hydrogen) atoms. The van der Waals surface area contributed by atoms with Gasteiger partial charge < -0.3 is 10.2 Å². The highest BCUT2D eigenvalue weighted by molar-refractivity contribution is 5.79. The van der Waals surface area contributed by atoms with Crippen molar-refractivity contribution in [1.29, 1.82) is 0 Å². The number of nitrogens with zero attached hydrogens (tertiary/aromatic N) is 5. The molecular weight excluding hydrogens is 438 g/mol. The molecule has 3 aromatic rings. The van der Waals surface area contributed by atoms with Crippen LogP contribution in [0.2, 0.25) is 0 Å². The van der Waals surface area contributed by atoms with Crippen LogP contribution in [-0.4, -0.2) is 50.2 Å². The van der Waals surface area contributed by atoms with Gasteiger partial charge in [-0.15, -0.1) is 10.2 Å². The maximum atomic E-state index is 13.6. The molecule has 12 heteroatoms. The van der Waals surface area contributed by atoms with Gasteiger partial charge in [-0.05, 0) is 38.1 Å². The van der Waals surface area contributed by atoms with Crippen LogP contribution in [0.5, 0.6) is 0 Å². The van der Waals surface area contributed by atoms with Crippen LogP contribution in [0, 0.1) is 0 Å². The molecule has 1 saturated heterocycles. The van der Waals surface area contributed by atoms with E-state index in [1.165, 1.54) is 16.9 Å². The summed E-state index contributed by atoms with van der Waals surface area (Å²) < 4.78 is 81.4. The zero-order chi connectivity index (χ0) is 23.1. The molecule has 0 radical (unpaired) electrons. The number of likely N-dealkylation sites (N-methyl/N-ethyl adjacent to an activating group) is 1. The Balaban J connectivity index is 1.75. The Morgan fingerprint density at radius 1 is 1.09 bits per heavy atom. The van der Waals surface area contributed by atoms with E-state index in [1.807, 2.05) is 0 Å². The summed E-state index contributed by atoms with van der Waals surface area (Å²) in [5, 5.41) is 11.3. The number of piperidine rings is 1. The molecular formula is C20H20F6N6. The molecule has 1 unspecified atom stereocenters. The summed E-state index contributed by atoms with van der Waals surface area (Å²) in [5.41, 5.74) is -3.31. The molecule has 0 bridgehead atoms. The van der Waals surface area contributed by atoms with Gasteiger partial charge in [0.15, 0.2) is 0 Å². The second-order valence-corrected chi connectivity index (χ2v) is 7.65. The van der Waals surface area contributed by atoms with Gasteiger partial charge in [0.2, 0.25) is 5.95 Å². The maximum absolute atomic E-state index is 13.6. The maximum Gasteiger partial charge on any atom is 0.417 e. The minimum absolute atomic E-state index is 0.0752. The lowest BCUT2D eigenvalue weighted by Gasteiger charge is -2.32. The number of likely N-dealkylation sites (tertiary alicyclic amines) is 1. The Kier molecular flexibility index (Phi) is 5.74. The van der Waals surface area contributed by atoms with Crippen LogP contribution in [0.4, 0.5) is 32.3 Å². The first-order valence-electron chi connectivity index (χ1n) is 10.0. The average molecular weight is 458 g/mol. The van der Waals surface area contributed by atoms with Crippen molar-refractivity contribution in [2.75, 3.05) is 25.0 Å². The largest absolute Gasteiger partial charge is 0.417 e. The number of hydrogen-bond acceptors (Lipinski definition) is 5. The van der Waals surface area contributed by atoms with E-state index in [4.69, 9.17) is 0 Å². The SMILES string of the molecule is CCN1CCCC(Nc2nnc(-c3ccc(C(F)(F)F)cc3C(F)(F)F)c3cncn23)C1. The van der Waals surface area contributed by atoms with Gasteiger partial charge in [-0.3, -0.25) is 4.40 Å². The third-order valence-corrected chi connectivity index (χ3v) is 5.55. The first-order valence-corrected chi connectivity index (χ1v) is 10.0. The third kappa shape index (κ3) is 4.36. The minimum Gasteiger partial charge on any atom is -0.350 e. The Bertz CT molecular complexity index is 1110. The standard InChI is InChI=1S/C20H20F6N6/c1-2-31-7-3-4-13(10-31)28-18-30-29-17(16-9-27-11-32(16)18)14-6-5-12(19(21,22)23)8-15(14)20(24,25)26/h5-6,8-9,11,13H,2-4,7,10H2,1H3,(H,28,30). The van der Waals surface area contributed by atoms with E-state index < -0.39 is 29.0 Å². The Morgan fingerprint density at radius 3 is 2.56 bits per heavy atom. The molecule has 3 heterocycles. The molecule has 0 saturated carbocycles. The van der Waals surface area contributed by atoms with Gasteiger partial charge in [0.05, 0.1) is 22.8 Å². The summed E-state index contributed by atoms with van der Waals surface area (Å²) in [6.45, 7) is 4.74. The van der Waals surface area contributed by atoms with Crippen LogP contribution in [0.3, 0.4) is 0 Å². The van der Waals surface area contributed by atoms with Gasteiger partial charge in [-0.1, -0.05) is 13.0 Å². The Hall–Kier alpha value is -2.89. The van der Waals surface area contributed by atoms with Gasteiger partial charge >= 0.3 is 12.4 Å². The zero-order valence-corrected chi connectivity index (χ0v) is 17.0. The second kappa shape index (κ2) is 8.23. The second-order valence-electron chi connectivity index (χ2n) is 7.65. The number of halogens is 6. The van der Waals surface area contributed by atoms with Gasteiger partial charge in [0.1, 0.15) is 12.0 Å². The molecule has 6 nitrogen and oxygen atoms in total. The molecule has 172 valence electrons. The number of hydrogen-bond donors (Lipinski definition) is 1. The van der Waals surface area contributed by atoms with E-state index in [-0.39, 0.29) is 23.3 Å². The van der Waals surface area contributed by atoms with Gasteiger partial charge in [0.25, 0.3) is 0 Å². The molecule has 0 amide bonds. The predicted molar refractivity (Wildman–Crippen MR) is 105 cm³/mol. The van der Waals surface area contributed by atoms with Gasteiger partial charge in [-0.25, -0.2) is 4.98 Å². The molecule has 1 aliphatic heterocycles. The van der Waals surface area contributed by atoms with Crippen LogP contribution in [0.1, 0.15) is 30.9 Å². The summed E-state index contributed by atoms with van der Waals surface area (Å²) in [6.07, 6.45) is -5.34. The molecule has 0 aliphatic carbocycles. The molecule has 0 spiro atoms. The van der Waals surface area contributed by atoms with Crippen molar-refractivity contribution in [3.8, 4) is 11.3 Å². The van der Waals surface area contributed by atoms with Crippen molar-refractivity contribution < 1.29 is 26.3 Å². The van der Waals surface area contributed by atoms with Crippen LogP contribution in [0.15, 0.2) is 30.7 Å². The predicted octanol–water partition coefficient (Wildman–Crippen LogP) is 4.73. The fraction of sp³-hybridized carbons (Fsp3) is 0.450. The molecule has 1 fully saturated rings. The number of imidazole rings is 1. The van der Waals surface area contributed by atoms with E-state index in [9.17, 15) is 26.3 Å². The van der Waals surface area contributed by atoms with E-state index in [0.717, 1.165) is 38.5 Å². The van der Waals surface area contributed by atoms with Gasteiger partial charge in [0, 0.05) is 18.2 Å². The Labute approximate surface area is 179 Å². The fourth-order valence-electron chi connectivity index (χ4n) is 3.93. The topological polar surface area (TPSA) is 58.3 Å². The van der Waals surface area contributed by atoms with Gasteiger partial charge in [-0.2, -0.15) is 26.3 Å². The summed E-state index contributed by atoms with van der Waals surface area (Å²) in [7, 11) is 0. The van der Waals surface area contributed by atoms with Crippen molar-refractivity contribution in [1.82, 2.24) is 24.5 Å². The number of nitrogens with one attached hydrogen (secondary N) is 1. The molecule has 1 N–H and O–H groups in total. The lowest BCUT2D eigenvalue weighted by molar-refractivity contribution is -0.142. The first-order chi connectivity index (χ1) is 15.1. The van der Waals surface area contributed by atoms with E-state index in [2.05, 4.69) is 32.3 Å². The third-order valence-electron chi connectivity index (χ3n) is 5.55. The fourth-order valence-corrected chi connectivity index (χ4v) is 3.93. The van der Waals surface area contributed by atoms with Crippen molar-refractivity contribution in [3.63, 3.8) is 0 Å². The minimum atomic E-state index is -5.02. The zero-order valence-electron chi connectivity index (χ0n) is 17.0. The summed E-state index contributed by atoms with van der Waals surface area (Å²) in [5.74, 6) is 0.310. The summed E-state index contributed by atoms with van der Waals surface area (Å²) >= 11 is 0. The van der Waals surface area contributed by atoms with Crippen molar-refractivity contribution >= 4 is 11.5 Å². The highest BCUT2D eigenvalue weighted by Gasteiger charge is 2.39. The highest BCUT2D eigenvalue weighted by atomic mass is 19.4. The monoisotopic (exact) mass is 458 g/mol. The number of benzene rings is 1. The Morgan fingerprint density at radius 2 is 1.88 bits per heavy atom. The molecule has 2 aromatic heterocycles. The number of rotatable bonds is 4. The van der Waals surface area contributed by atoms with Crippen LogP contribution >= 0.6 is 0 Å². The van der Waals surface area contributed by atoms with Crippen molar-refractivity contribution in [3.05, 3.63) is 41.9 Å². The summed E-state index contributed by atoms with van der Waals surface area (Å²) in [6, 6.07) is 1.55. The summed E-state index contributed by atoms with van der Waals surface area (Å²) in [4.78, 5) is 6.26. The smallest absolute Gasteiger partial charge is 0.350 e. The number of fused-ring (bicyclic) bond motifs is 1. The number of alkyl halides is 6. The molecule has 1 atom stereocenters. The normalized spacial score (nSPS) is 18.3. The number of anilines is 1. The van der Waals surface area contributed by atoms with Crippen LogP contribution in [0.25, 0.3) is 16.8 Å². The molecule has 1 aliphatic rings. The van der Waals surface area contributed by atoms with Crippen LogP contribution in [-0.2, 0) is 12.4 Å². The number of aromatic nitrogens is 4. The van der Waals surface area contributed by atoms with Crippen LogP contribution < -0.4 is 5.32 Å². The van der Waals surface area contributed by atoms with E-state index in [0.29, 0.717) is 12.0 Å². The van der Waals surface area contributed by atoms with Crippen molar-refractivity contribution in [2.24, 2.45) is 0 Å². The molecule has 4 rings (SSSR count). The highest BCUT2D eigenvalue weighted by Crippen LogP contribution is 2.41. The first kappa shape index (κ1) is 22.3. The van der Waals surface area contributed by atoms with E-state index >= 15 is 0 Å².